The number of hydrogen-bond donors (Lipinski definition) is 1. The molecule has 0 spiro atoms. The van der Waals surface area contributed by atoms with Crippen LogP contribution in [-0.2, 0) is 6.18 Å². The van der Waals surface area contributed by atoms with Gasteiger partial charge >= 0.3 is 6.18 Å². The predicted octanol–water partition coefficient (Wildman–Crippen LogP) is 4.64. The Morgan fingerprint density at radius 2 is 1.90 bits per heavy atom. The SMILES string of the molecule is CC(C)c1nc(-c2cnn3c2C(=O)N(c2ccc(C(F)(F)F)cc2)CC3C)c[nH]1. The molecule has 4 rings (SSSR count). The number of H-pyrrole nitrogens is 1. The molecule has 1 N–H and O–H groups in total. The monoisotopic (exact) mass is 403 g/mol. The van der Waals surface area contributed by atoms with E-state index >= 15 is 0 Å². The summed E-state index contributed by atoms with van der Waals surface area (Å²) < 4.78 is 40.2. The smallest absolute Gasteiger partial charge is 0.348 e. The standard InChI is InChI=1S/C20H20F3N5O/c1-11(2)18-24-9-16(26-18)15-8-25-28-12(3)10-27(19(29)17(15)28)14-6-4-13(5-7-14)20(21,22)23/h4-9,11-12H,10H2,1-3H3,(H,24,26). The maximum Gasteiger partial charge on any atom is 0.416 e. The number of imidazole rings is 1. The van der Waals surface area contributed by atoms with Gasteiger partial charge in [0.05, 0.1) is 29.1 Å². The van der Waals surface area contributed by atoms with Crippen molar-refractivity contribution in [2.45, 2.75) is 38.9 Å². The zero-order chi connectivity index (χ0) is 20.9. The van der Waals surface area contributed by atoms with E-state index in [9.17, 15) is 18.0 Å². The first-order chi connectivity index (χ1) is 13.7. The highest BCUT2D eigenvalue weighted by Gasteiger charge is 2.35. The second-order valence-corrected chi connectivity index (χ2v) is 7.49. The topological polar surface area (TPSA) is 66.8 Å². The molecule has 29 heavy (non-hydrogen) atoms. The maximum atomic E-state index is 13.2. The number of aromatic amines is 1. The summed E-state index contributed by atoms with van der Waals surface area (Å²) in [4.78, 5) is 22.4. The fourth-order valence-corrected chi connectivity index (χ4v) is 3.47. The van der Waals surface area contributed by atoms with Crippen LogP contribution in [-0.4, -0.2) is 32.2 Å². The van der Waals surface area contributed by atoms with Crippen molar-refractivity contribution in [3.05, 3.63) is 53.7 Å². The van der Waals surface area contributed by atoms with Crippen LogP contribution in [0, 0.1) is 0 Å². The molecule has 3 heterocycles. The lowest BCUT2D eigenvalue weighted by Crippen LogP contribution is -2.42. The lowest BCUT2D eigenvalue weighted by Gasteiger charge is -2.32. The number of anilines is 1. The van der Waals surface area contributed by atoms with E-state index in [4.69, 9.17) is 0 Å². The highest BCUT2D eigenvalue weighted by Crippen LogP contribution is 2.34. The summed E-state index contributed by atoms with van der Waals surface area (Å²) in [7, 11) is 0. The van der Waals surface area contributed by atoms with Gasteiger partial charge < -0.3 is 9.88 Å². The van der Waals surface area contributed by atoms with Gasteiger partial charge in [-0.25, -0.2) is 4.98 Å². The molecule has 1 unspecified atom stereocenters. The first kappa shape index (κ1) is 19.2. The average molecular weight is 403 g/mol. The number of benzene rings is 1. The minimum Gasteiger partial charge on any atom is -0.348 e. The van der Waals surface area contributed by atoms with Crippen molar-refractivity contribution in [2.24, 2.45) is 0 Å². The zero-order valence-electron chi connectivity index (χ0n) is 16.2. The van der Waals surface area contributed by atoms with Gasteiger partial charge in [0.1, 0.15) is 11.5 Å². The van der Waals surface area contributed by atoms with Crippen LogP contribution in [0.5, 0.6) is 0 Å². The Morgan fingerprint density at radius 1 is 1.21 bits per heavy atom. The van der Waals surface area contributed by atoms with E-state index in [1.807, 2.05) is 20.8 Å². The molecule has 3 aromatic rings. The number of rotatable bonds is 3. The zero-order valence-corrected chi connectivity index (χ0v) is 16.2. The molecule has 152 valence electrons. The average Bonchev–Trinajstić information content (AvgIpc) is 3.31. The van der Waals surface area contributed by atoms with Crippen molar-refractivity contribution < 1.29 is 18.0 Å². The van der Waals surface area contributed by atoms with Crippen LogP contribution in [0.2, 0.25) is 0 Å². The van der Waals surface area contributed by atoms with Crippen molar-refractivity contribution in [1.82, 2.24) is 19.7 Å². The summed E-state index contributed by atoms with van der Waals surface area (Å²) in [6.45, 7) is 6.25. The van der Waals surface area contributed by atoms with Gasteiger partial charge in [-0.3, -0.25) is 9.48 Å². The Labute approximate surface area is 165 Å². The summed E-state index contributed by atoms with van der Waals surface area (Å²) in [6, 6.07) is 4.49. The third kappa shape index (κ3) is 3.30. The summed E-state index contributed by atoms with van der Waals surface area (Å²) >= 11 is 0. The Morgan fingerprint density at radius 3 is 2.48 bits per heavy atom. The van der Waals surface area contributed by atoms with Crippen molar-refractivity contribution in [3.63, 3.8) is 0 Å². The van der Waals surface area contributed by atoms with Gasteiger partial charge in [0, 0.05) is 24.3 Å². The quantitative estimate of drug-likeness (QED) is 0.693. The molecule has 1 aliphatic rings. The number of nitrogens with zero attached hydrogens (tertiary/aromatic N) is 4. The fourth-order valence-electron chi connectivity index (χ4n) is 3.47. The number of alkyl halides is 3. The summed E-state index contributed by atoms with van der Waals surface area (Å²) in [6.07, 6.45) is -1.07. The van der Waals surface area contributed by atoms with Crippen molar-refractivity contribution in [2.75, 3.05) is 11.4 Å². The molecule has 0 aliphatic carbocycles. The number of nitrogens with one attached hydrogen (secondary N) is 1. The maximum absolute atomic E-state index is 13.2. The molecule has 1 aliphatic heterocycles. The molecule has 1 amide bonds. The normalized spacial score (nSPS) is 17.1. The molecule has 2 aromatic heterocycles. The second-order valence-electron chi connectivity index (χ2n) is 7.49. The molecule has 9 heteroatoms. The lowest BCUT2D eigenvalue weighted by molar-refractivity contribution is -0.137. The molecule has 0 fully saturated rings. The van der Waals surface area contributed by atoms with Crippen LogP contribution in [0.1, 0.15) is 54.6 Å². The number of fused-ring (bicyclic) bond motifs is 1. The van der Waals surface area contributed by atoms with Gasteiger partial charge in [0.25, 0.3) is 5.91 Å². The Kier molecular flexibility index (Phi) is 4.48. The first-order valence-corrected chi connectivity index (χ1v) is 9.29. The molecule has 0 radical (unpaired) electrons. The largest absolute Gasteiger partial charge is 0.416 e. The summed E-state index contributed by atoms with van der Waals surface area (Å²) in [5.41, 5.74) is 1.26. The number of amides is 1. The number of carbonyl (C=O) groups excluding carboxylic acids is 1. The Hall–Kier alpha value is -3.10. The molecule has 0 saturated carbocycles. The molecular formula is C20H20F3N5O. The Balaban J connectivity index is 1.72. The van der Waals surface area contributed by atoms with Crippen molar-refractivity contribution in [3.8, 4) is 11.3 Å². The van der Waals surface area contributed by atoms with Crippen LogP contribution >= 0.6 is 0 Å². The predicted molar refractivity (Wildman–Crippen MR) is 102 cm³/mol. The third-order valence-corrected chi connectivity index (χ3v) is 5.03. The van der Waals surface area contributed by atoms with E-state index in [-0.39, 0.29) is 17.9 Å². The van der Waals surface area contributed by atoms with Crippen molar-refractivity contribution in [1.29, 1.82) is 0 Å². The summed E-state index contributed by atoms with van der Waals surface area (Å²) in [5.74, 6) is 0.689. The number of halogens is 3. The van der Waals surface area contributed by atoms with Crippen LogP contribution in [0.4, 0.5) is 18.9 Å². The molecule has 6 nitrogen and oxygen atoms in total. The van der Waals surface area contributed by atoms with E-state index in [0.29, 0.717) is 29.2 Å². The van der Waals surface area contributed by atoms with Crippen LogP contribution < -0.4 is 4.90 Å². The number of carbonyl (C=O) groups is 1. The molecular weight excluding hydrogens is 383 g/mol. The van der Waals surface area contributed by atoms with Gasteiger partial charge in [-0.05, 0) is 31.2 Å². The highest BCUT2D eigenvalue weighted by molar-refractivity contribution is 6.09. The van der Waals surface area contributed by atoms with Gasteiger partial charge in [-0.1, -0.05) is 13.8 Å². The minimum absolute atomic E-state index is 0.137. The van der Waals surface area contributed by atoms with Gasteiger partial charge in [-0.2, -0.15) is 18.3 Å². The molecule has 1 aromatic carbocycles. The van der Waals surface area contributed by atoms with Gasteiger partial charge in [-0.15, -0.1) is 0 Å². The number of hydrogen-bond acceptors (Lipinski definition) is 3. The molecule has 0 saturated heterocycles. The minimum atomic E-state index is -4.42. The number of aromatic nitrogens is 4. The van der Waals surface area contributed by atoms with E-state index in [0.717, 1.165) is 18.0 Å². The van der Waals surface area contributed by atoms with E-state index < -0.39 is 11.7 Å². The van der Waals surface area contributed by atoms with Gasteiger partial charge in [0.15, 0.2) is 0 Å². The van der Waals surface area contributed by atoms with Gasteiger partial charge in [0.2, 0.25) is 0 Å². The van der Waals surface area contributed by atoms with Crippen LogP contribution in [0.25, 0.3) is 11.3 Å². The van der Waals surface area contributed by atoms with E-state index in [1.165, 1.54) is 17.0 Å². The third-order valence-electron chi connectivity index (χ3n) is 5.03. The van der Waals surface area contributed by atoms with E-state index in [1.54, 1.807) is 17.1 Å². The highest BCUT2D eigenvalue weighted by atomic mass is 19.4. The van der Waals surface area contributed by atoms with Crippen molar-refractivity contribution >= 4 is 11.6 Å². The second kappa shape index (κ2) is 6.75. The van der Waals surface area contributed by atoms with E-state index in [2.05, 4.69) is 15.1 Å². The lowest BCUT2D eigenvalue weighted by atomic mass is 10.1. The fraction of sp³-hybridized carbons (Fsp3) is 0.350. The first-order valence-electron chi connectivity index (χ1n) is 9.29. The van der Waals surface area contributed by atoms with Crippen LogP contribution in [0.15, 0.2) is 36.7 Å². The van der Waals surface area contributed by atoms with Crippen LogP contribution in [0.3, 0.4) is 0 Å². The Bertz CT molecular complexity index is 1050. The summed E-state index contributed by atoms with van der Waals surface area (Å²) in [5, 5.41) is 4.36. The molecule has 1 atom stereocenters. The molecule has 0 bridgehead atoms.